The van der Waals surface area contributed by atoms with Crippen molar-refractivity contribution >= 4 is 17.6 Å². The van der Waals surface area contributed by atoms with Gasteiger partial charge in [-0.25, -0.2) is 0 Å². The first-order chi connectivity index (χ1) is 9.91. The monoisotopic (exact) mass is 292 g/mol. The molecule has 1 amide bonds. The minimum Gasteiger partial charge on any atom is -0.481 e. The lowest BCUT2D eigenvalue weighted by Crippen LogP contribution is -2.35. The van der Waals surface area contributed by atoms with E-state index < -0.39 is 16.8 Å². The highest BCUT2D eigenvalue weighted by Crippen LogP contribution is 2.31. The maximum atomic E-state index is 12.6. The number of carbonyl (C=O) groups excluding carboxylic acids is 1. The molecule has 1 aliphatic carbocycles. The third-order valence-electron chi connectivity index (χ3n) is 3.48. The standard InChI is InChI=1S/C14H16N2O5/c1-9-3-2-4-11(16(20)21)13(9)14(19)15(10-5-6-10)8-7-12(17)18/h2-4,10H,5-8H2,1H3,(H,17,18). The number of nitrogens with zero attached hydrogens (tertiary/aromatic N) is 2. The van der Waals surface area contributed by atoms with Gasteiger partial charge in [-0.3, -0.25) is 19.7 Å². The zero-order valence-corrected chi connectivity index (χ0v) is 11.6. The molecule has 1 aliphatic rings. The molecule has 0 aliphatic heterocycles. The second-order valence-corrected chi connectivity index (χ2v) is 5.10. The zero-order chi connectivity index (χ0) is 15.6. The maximum absolute atomic E-state index is 12.6. The van der Waals surface area contributed by atoms with Crippen molar-refractivity contribution in [1.29, 1.82) is 0 Å². The summed E-state index contributed by atoms with van der Waals surface area (Å²) in [6.45, 7) is 1.72. The van der Waals surface area contributed by atoms with Gasteiger partial charge in [-0.2, -0.15) is 0 Å². The summed E-state index contributed by atoms with van der Waals surface area (Å²) < 4.78 is 0. The Labute approximate surface area is 121 Å². The minimum atomic E-state index is -0.993. The summed E-state index contributed by atoms with van der Waals surface area (Å²) in [5, 5.41) is 19.9. The average molecular weight is 292 g/mol. The molecule has 0 saturated heterocycles. The number of benzene rings is 1. The molecular formula is C14H16N2O5. The highest BCUT2D eigenvalue weighted by molar-refractivity contribution is 6.00. The van der Waals surface area contributed by atoms with E-state index in [9.17, 15) is 19.7 Å². The molecule has 7 nitrogen and oxygen atoms in total. The molecule has 0 atom stereocenters. The first kappa shape index (κ1) is 15.0. The number of carboxylic acids is 1. The lowest BCUT2D eigenvalue weighted by atomic mass is 10.0. The van der Waals surface area contributed by atoms with Crippen LogP contribution in [-0.4, -0.2) is 39.4 Å². The number of aliphatic carboxylic acids is 1. The van der Waals surface area contributed by atoms with E-state index in [4.69, 9.17) is 5.11 Å². The van der Waals surface area contributed by atoms with Crippen LogP contribution in [0.15, 0.2) is 18.2 Å². The molecule has 112 valence electrons. The summed E-state index contributed by atoms with van der Waals surface area (Å²) in [4.78, 5) is 35.3. The molecule has 0 heterocycles. The lowest BCUT2D eigenvalue weighted by Gasteiger charge is -2.22. The third kappa shape index (κ3) is 3.36. The highest BCUT2D eigenvalue weighted by Gasteiger charge is 2.36. The van der Waals surface area contributed by atoms with Crippen molar-refractivity contribution in [2.75, 3.05) is 6.54 Å². The molecule has 1 aromatic rings. The Hall–Kier alpha value is -2.44. The number of nitro groups is 1. The molecule has 1 N–H and O–H groups in total. The summed E-state index contributed by atoms with van der Waals surface area (Å²) >= 11 is 0. The van der Waals surface area contributed by atoms with Gasteiger partial charge in [0.1, 0.15) is 5.56 Å². The Morgan fingerprint density at radius 3 is 2.62 bits per heavy atom. The van der Waals surface area contributed by atoms with Crippen LogP contribution in [0.5, 0.6) is 0 Å². The van der Waals surface area contributed by atoms with Gasteiger partial charge in [0.15, 0.2) is 0 Å². The normalized spacial score (nSPS) is 13.8. The summed E-state index contributed by atoms with van der Waals surface area (Å²) in [6.07, 6.45) is 1.46. The number of hydrogen-bond donors (Lipinski definition) is 1. The van der Waals surface area contributed by atoms with Crippen molar-refractivity contribution in [2.24, 2.45) is 0 Å². The van der Waals surface area contributed by atoms with Gasteiger partial charge in [0.25, 0.3) is 11.6 Å². The Morgan fingerprint density at radius 2 is 2.10 bits per heavy atom. The molecule has 0 radical (unpaired) electrons. The second kappa shape index (κ2) is 5.90. The minimum absolute atomic E-state index is 0.00365. The first-order valence-corrected chi connectivity index (χ1v) is 6.68. The highest BCUT2D eigenvalue weighted by atomic mass is 16.6. The first-order valence-electron chi connectivity index (χ1n) is 6.68. The Bertz CT molecular complexity index is 595. The van der Waals surface area contributed by atoms with Crippen LogP contribution in [0.1, 0.15) is 35.2 Å². The quantitative estimate of drug-likeness (QED) is 0.638. The summed E-state index contributed by atoms with van der Waals surface area (Å²) in [5.74, 6) is -1.45. The molecule has 0 aromatic heterocycles. The van der Waals surface area contributed by atoms with Crippen molar-refractivity contribution in [3.63, 3.8) is 0 Å². The second-order valence-electron chi connectivity index (χ2n) is 5.10. The predicted octanol–water partition coefficient (Wildman–Crippen LogP) is 1.98. The average Bonchev–Trinajstić information content (AvgIpc) is 3.22. The van der Waals surface area contributed by atoms with Gasteiger partial charge in [-0.05, 0) is 25.3 Å². The van der Waals surface area contributed by atoms with Crippen molar-refractivity contribution < 1.29 is 19.6 Å². The molecule has 2 rings (SSSR count). The van der Waals surface area contributed by atoms with Crippen LogP contribution in [0.2, 0.25) is 0 Å². The van der Waals surface area contributed by atoms with Gasteiger partial charge in [-0.1, -0.05) is 12.1 Å². The van der Waals surface area contributed by atoms with E-state index in [-0.39, 0.29) is 30.3 Å². The van der Waals surface area contributed by atoms with Crippen LogP contribution in [-0.2, 0) is 4.79 Å². The fourth-order valence-electron chi connectivity index (χ4n) is 2.28. The largest absolute Gasteiger partial charge is 0.481 e. The summed E-state index contributed by atoms with van der Waals surface area (Å²) in [5.41, 5.74) is 0.343. The Kier molecular flexibility index (Phi) is 4.21. The number of hydrogen-bond acceptors (Lipinski definition) is 4. The summed E-state index contributed by atoms with van der Waals surface area (Å²) in [7, 11) is 0. The van der Waals surface area contributed by atoms with E-state index in [2.05, 4.69) is 0 Å². The van der Waals surface area contributed by atoms with E-state index in [1.54, 1.807) is 13.0 Å². The van der Waals surface area contributed by atoms with E-state index >= 15 is 0 Å². The van der Waals surface area contributed by atoms with Gasteiger partial charge in [-0.15, -0.1) is 0 Å². The molecule has 1 aromatic carbocycles. The SMILES string of the molecule is Cc1cccc([N+](=O)[O-])c1C(=O)N(CCC(=O)O)C1CC1. The molecule has 21 heavy (non-hydrogen) atoms. The smallest absolute Gasteiger partial charge is 0.305 e. The van der Waals surface area contributed by atoms with Gasteiger partial charge >= 0.3 is 5.97 Å². The van der Waals surface area contributed by atoms with Gasteiger partial charge in [0.2, 0.25) is 0 Å². The molecule has 7 heteroatoms. The van der Waals surface area contributed by atoms with E-state index in [1.807, 2.05) is 0 Å². The Balaban J connectivity index is 2.32. The molecule has 1 saturated carbocycles. The van der Waals surface area contributed by atoms with E-state index in [1.165, 1.54) is 17.0 Å². The summed E-state index contributed by atoms with van der Waals surface area (Å²) in [6, 6.07) is 4.46. The fraction of sp³-hybridized carbons (Fsp3) is 0.429. The predicted molar refractivity (Wildman–Crippen MR) is 74.1 cm³/mol. The topological polar surface area (TPSA) is 101 Å². The third-order valence-corrected chi connectivity index (χ3v) is 3.48. The van der Waals surface area contributed by atoms with Gasteiger partial charge in [0, 0.05) is 18.7 Å². The zero-order valence-electron chi connectivity index (χ0n) is 11.6. The fourth-order valence-corrected chi connectivity index (χ4v) is 2.28. The number of carboxylic acid groups (broad SMARTS) is 1. The number of nitro benzene ring substituents is 1. The molecule has 0 bridgehead atoms. The van der Waals surface area contributed by atoms with Crippen molar-refractivity contribution in [1.82, 2.24) is 4.90 Å². The van der Waals surface area contributed by atoms with E-state index in [0.717, 1.165) is 12.8 Å². The molecular weight excluding hydrogens is 276 g/mol. The van der Waals surface area contributed by atoms with Crippen LogP contribution >= 0.6 is 0 Å². The molecule has 0 unspecified atom stereocenters. The van der Waals surface area contributed by atoms with Crippen LogP contribution in [0, 0.1) is 17.0 Å². The molecule has 1 fully saturated rings. The van der Waals surface area contributed by atoms with Crippen LogP contribution in [0.3, 0.4) is 0 Å². The van der Waals surface area contributed by atoms with Crippen LogP contribution < -0.4 is 0 Å². The van der Waals surface area contributed by atoms with Crippen LogP contribution in [0.4, 0.5) is 5.69 Å². The number of carbonyl (C=O) groups is 2. The molecule has 0 spiro atoms. The van der Waals surface area contributed by atoms with Crippen molar-refractivity contribution in [3.8, 4) is 0 Å². The maximum Gasteiger partial charge on any atom is 0.305 e. The van der Waals surface area contributed by atoms with Gasteiger partial charge in [0.05, 0.1) is 11.3 Å². The van der Waals surface area contributed by atoms with E-state index in [0.29, 0.717) is 5.56 Å². The number of amides is 1. The van der Waals surface area contributed by atoms with Crippen molar-refractivity contribution in [2.45, 2.75) is 32.2 Å². The van der Waals surface area contributed by atoms with Crippen LogP contribution in [0.25, 0.3) is 0 Å². The lowest BCUT2D eigenvalue weighted by molar-refractivity contribution is -0.385. The number of aryl methyl sites for hydroxylation is 1. The van der Waals surface area contributed by atoms with Gasteiger partial charge < -0.3 is 10.0 Å². The Morgan fingerprint density at radius 1 is 1.43 bits per heavy atom. The van der Waals surface area contributed by atoms with Crippen molar-refractivity contribution in [3.05, 3.63) is 39.4 Å². The number of rotatable bonds is 6.